The van der Waals surface area contributed by atoms with E-state index in [1.807, 2.05) is 16.7 Å². The van der Waals surface area contributed by atoms with Gasteiger partial charge >= 0.3 is 0 Å². The molecule has 19 heavy (non-hydrogen) atoms. The van der Waals surface area contributed by atoms with E-state index < -0.39 is 0 Å². The van der Waals surface area contributed by atoms with Gasteiger partial charge in [-0.25, -0.2) is 4.98 Å². The molecule has 0 atom stereocenters. The number of nitriles is 1. The fourth-order valence-electron chi connectivity index (χ4n) is 2.13. The maximum atomic E-state index is 9.10. The molecule has 2 aromatic heterocycles. The van der Waals surface area contributed by atoms with Gasteiger partial charge in [0.05, 0.1) is 17.6 Å². The molecule has 0 unspecified atom stereocenters. The molecule has 3 rings (SSSR count). The lowest BCUT2D eigenvalue weighted by Gasteiger charge is -2.05. The van der Waals surface area contributed by atoms with Crippen LogP contribution in [0.4, 0.5) is 5.95 Å². The van der Waals surface area contributed by atoms with Crippen LogP contribution in [0, 0.1) is 18.3 Å². The van der Waals surface area contributed by atoms with Crippen molar-refractivity contribution in [2.24, 2.45) is 0 Å². The van der Waals surface area contributed by atoms with Crippen LogP contribution in [0.3, 0.4) is 0 Å². The standard InChI is InChI=1S/C14H12N4S/c1-9-5-6-19-12(9)8-18-11-4-2-3-10(7-15)13(11)17-14(18)16/h2-6H,8H2,1H3,(H2,16,17). The number of nitrogen functional groups attached to an aromatic ring is 1. The van der Waals surface area contributed by atoms with Crippen LogP contribution in [0.15, 0.2) is 29.6 Å². The first-order valence-electron chi connectivity index (χ1n) is 5.88. The third kappa shape index (κ3) is 1.86. The molecular weight excluding hydrogens is 256 g/mol. The van der Waals surface area contributed by atoms with Gasteiger partial charge in [0.15, 0.2) is 0 Å². The highest BCUT2D eigenvalue weighted by Gasteiger charge is 2.12. The summed E-state index contributed by atoms with van der Waals surface area (Å²) in [5.41, 5.74) is 9.39. The number of nitrogens with zero attached hydrogens (tertiary/aromatic N) is 3. The first kappa shape index (κ1) is 11.8. The molecule has 3 aromatic rings. The molecule has 0 saturated heterocycles. The van der Waals surface area contributed by atoms with Crippen molar-refractivity contribution >= 4 is 28.3 Å². The Hall–Kier alpha value is -2.32. The van der Waals surface area contributed by atoms with Crippen LogP contribution in [0.2, 0.25) is 0 Å². The maximum absolute atomic E-state index is 9.10. The first-order chi connectivity index (χ1) is 9.20. The van der Waals surface area contributed by atoms with Crippen LogP contribution in [0.25, 0.3) is 11.0 Å². The summed E-state index contributed by atoms with van der Waals surface area (Å²) in [6, 6.07) is 9.81. The van der Waals surface area contributed by atoms with Crippen molar-refractivity contribution < 1.29 is 0 Å². The second-order valence-electron chi connectivity index (χ2n) is 4.37. The van der Waals surface area contributed by atoms with Gasteiger partial charge in [-0.05, 0) is 36.1 Å². The van der Waals surface area contributed by atoms with Gasteiger partial charge in [0, 0.05) is 4.88 Å². The lowest BCUT2D eigenvalue weighted by atomic mass is 10.2. The van der Waals surface area contributed by atoms with Gasteiger partial charge in [-0.3, -0.25) is 0 Å². The zero-order chi connectivity index (χ0) is 13.4. The molecule has 0 radical (unpaired) electrons. The summed E-state index contributed by atoms with van der Waals surface area (Å²) in [5, 5.41) is 11.2. The fraction of sp³-hybridized carbons (Fsp3) is 0.143. The number of benzene rings is 1. The Morgan fingerprint density at radius 1 is 1.42 bits per heavy atom. The zero-order valence-corrected chi connectivity index (χ0v) is 11.2. The summed E-state index contributed by atoms with van der Waals surface area (Å²) in [5.74, 6) is 0.450. The van der Waals surface area contributed by atoms with Gasteiger partial charge in [0.25, 0.3) is 0 Å². The van der Waals surface area contributed by atoms with Gasteiger partial charge in [-0.2, -0.15) is 5.26 Å². The Bertz CT molecular complexity index is 791. The number of para-hydroxylation sites is 1. The van der Waals surface area contributed by atoms with Crippen LogP contribution in [0.5, 0.6) is 0 Å². The molecule has 0 fully saturated rings. The van der Waals surface area contributed by atoms with E-state index in [1.165, 1.54) is 10.4 Å². The molecule has 2 N–H and O–H groups in total. The van der Waals surface area contributed by atoms with Gasteiger partial charge in [-0.15, -0.1) is 11.3 Å². The van der Waals surface area contributed by atoms with Crippen molar-refractivity contribution in [1.29, 1.82) is 5.26 Å². The summed E-state index contributed by atoms with van der Waals surface area (Å²) in [6.07, 6.45) is 0. The van der Waals surface area contributed by atoms with E-state index >= 15 is 0 Å². The summed E-state index contributed by atoms with van der Waals surface area (Å²) < 4.78 is 1.95. The molecule has 0 spiro atoms. The second-order valence-corrected chi connectivity index (χ2v) is 5.37. The number of anilines is 1. The SMILES string of the molecule is Cc1ccsc1Cn1c(N)nc2c(C#N)cccc21. The number of hydrogen-bond donors (Lipinski definition) is 1. The van der Waals surface area contributed by atoms with Gasteiger partial charge in [-0.1, -0.05) is 6.07 Å². The molecule has 94 valence electrons. The predicted octanol–water partition coefficient (Wildman–Crippen LogP) is 2.91. The number of aryl methyl sites for hydroxylation is 1. The van der Waals surface area contributed by atoms with Gasteiger partial charge in [0.1, 0.15) is 11.6 Å². The van der Waals surface area contributed by atoms with Crippen molar-refractivity contribution in [3.8, 4) is 6.07 Å². The van der Waals surface area contributed by atoms with E-state index in [0.29, 0.717) is 23.6 Å². The van der Waals surface area contributed by atoms with E-state index in [9.17, 15) is 0 Å². The van der Waals surface area contributed by atoms with E-state index in [2.05, 4.69) is 29.4 Å². The largest absolute Gasteiger partial charge is 0.369 e. The number of rotatable bonds is 2. The van der Waals surface area contributed by atoms with E-state index in [4.69, 9.17) is 11.0 Å². The molecule has 1 aromatic carbocycles. The molecule has 0 aliphatic rings. The highest BCUT2D eigenvalue weighted by Crippen LogP contribution is 2.24. The summed E-state index contributed by atoms with van der Waals surface area (Å²) in [4.78, 5) is 5.57. The number of aromatic nitrogens is 2. The Kier molecular flexibility index (Phi) is 2.73. The van der Waals surface area contributed by atoms with Crippen molar-refractivity contribution in [2.75, 3.05) is 5.73 Å². The number of nitrogens with two attached hydrogens (primary N) is 1. The van der Waals surface area contributed by atoms with E-state index in [0.717, 1.165) is 5.52 Å². The molecule has 0 bridgehead atoms. The minimum Gasteiger partial charge on any atom is -0.369 e. The van der Waals surface area contributed by atoms with Crippen molar-refractivity contribution in [1.82, 2.24) is 9.55 Å². The molecule has 0 amide bonds. The quantitative estimate of drug-likeness (QED) is 0.777. The predicted molar refractivity (Wildman–Crippen MR) is 77.0 cm³/mol. The van der Waals surface area contributed by atoms with E-state index in [1.54, 1.807) is 17.4 Å². The second kappa shape index (κ2) is 4.41. The lowest BCUT2D eigenvalue weighted by Crippen LogP contribution is -2.04. The first-order valence-corrected chi connectivity index (χ1v) is 6.76. The third-order valence-electron chi connectivity index (χ3n) is 3.20. The topological polar surface area (TPSA) is 67.6 Å². The van der Waals surface area contributed by atoms with Crippen molar-refractivity contribution in [3.63, 3.8) is 0 Å². The molecule has 4 nitrogen and oxygen atoms in total. The van der Waals surface area contributed by atoms with Crippen LogP contribution < -0.4 is 5.73 Å². The normalized spacial score (nSPS) is 10.7. The minimum atomic E-state index is 0.450. The molecule has 0 aliphatic carbocycles. The van der Waals surface area contributed by atoms with Gasteiger partial charge < -0.3 is 10.3 Å². The van der Waals surface area contributed by atoms with Crippen LogP contribution in [-0.2, 0) is 6.54 Å². The summed E-state index contributed by atoms with van der Waals surface area (Å²) in [6.45, 7) is 2.78. The zero-order valence-electron chi connectivity index (χ0n) is 10.4. The number of thiophene rings is 1. The van der Waals surface area contributed by atoms with Gasteiger partial charge in [0.2, 0.25) is 5.95 Å². The van der Waals surface area contributed by atoms with E-state index in [-0.39, 0.29) is 0 Å². The van der Waals surface area contributed by atoms with Crippen molar-refractivity contribution in [2.45, 2.75) is 13.5 Å². The Labute approximate surface area is 114 Å². The smallest absolute Gasteiger partial charge is 0.201 e. The molecular formula is C14H12N4S. The maximum Gasteiger partial charge on any atom is 0.201 e. The van der Waals surface area contributed by atoms with Crippen LogP contribution in [-0.4, -0.2) is 9.55 Å². The van der Waals surface area contributed by atoms with Crippen LogP contribution >= 0.6 is 11.3 Å². The van der Waals surface area contributed by atoms with Crippen LogP contribution in [0.1, 0.15) is 16.0 Å². The number of imidazole rings is 1. The highest BCUT2D eigenvalue weighted by atomic mass is 32.1. The lowest BCUT2D eigenvalue weighted by molar-refractivity contribution is 0.848. The molecule has 0 saturated carbocycles. The summed E-state index contributed by atoms with van der Waals surface area (Å²) in [7, 11) is 0. The molecule has 2 heterocycles. The monoisotopic (exact) mass is 268 g/mol. The Morgan fingerprint density at radius 3 is 2.95 bits per heavy atom. The molecule has 5 heteroatoms. The number of fused-ring (bicyclic) bond motifs is 1. The third-order valence-corrected chi connectivity index (χ3v) is 4.21. The van der Waals surface area contributed by atoms with Crippen molar-refractivity contribution in [3.05, 3.63) is 45.6 Å². The summed E-state index contributed by atoms with van der Waals surface area (Å²) >= 11 is 1.71. The Balaban J connectivity index is 2.17. The minimum absolute atomic E-state index is 0.450. The average Bonchev–Trinajstić information content (AvgIpc) is 2.95. The fourth-order valence-corrected chi connectivity index (χ4v) is 3.03. The highest BCUT2D eigenvalue weighted by molar-refractivity contribution is 7.10. The Morgan fingerprint density at radius 2 is 2.26 bits per heavy atom. The average molecular weight is 268 g/mol. The number of hydrogen-bond acceptors (Lipinski definition) is 4. The molecule has 0 aliphatic heterocycles.